The monoisotopic (exact) mass is 209 g/mol. The van der Waals surface area contributed by atoms with Crippen molar-refractivity contribution in [1.29, 1.82) is 0 Å². The molecule has 1 rings (SSSR count). The number of nitrogens with one attached hydrogen (secondary N) is 1. The standard InChI is InChI=1S/C12H19NO2/c14-8-4-7-12(10-15)13-9-11-5-2-1-3-6-11/h1-3,5-6,12-15H,4,7-10H2. The molecule has 0 aliphatic heterocycles. The minimum atomic E-state index is 0.0809. The van der Waals surface area contributed by atoms with E-state index in [1.807, 2.05) is 30.3 Å². The van der Waals surface area contributed by atoms with Crippen molar-refractivity contribution < 1.29 is 10.2 Å². The van der Waals surface area contributed by atoms with Crippen molar-refractivity contribution in [3.05, 3.63) is 35.9 Å². The molecule has 0 bridgehead atoms. The Kier molecular flexibility index (Phi) is 6.00. The molecule has 0 fully saturated rings. The summed E-state index contributed by atoms with van der Waals surface area (Å²) < 4.78 is 0. The predicted molar refractivity (Wildman–Crippen MR) is 60.5 cm³/mol. The van der Waals surface area contributed by atoms with Gasteiger partial charge >= 0.3 is 0 Å². The molecule has 3 N–H and O–H groups in total. The van der Waals surface area contributed by atoms with E-state index in [2.05, 4.69) is 5.32 Å². The number of hydrogen-bond donors (Lipinski definition) is 3. The van der Waals surface area contributed by atoms with Crippen LogP contribution in [0.1, 0.15) is 18.4 Å². The topological polar surface area (TPSA) is 52.5 Å². The molecule has 3 heteroatoms. The van der Waals surface area contributed by atoms with Gasteiger partial charge in [-0.2, -0.15) is 0 Å². The highest BCUT2D eigenvalue weighted by Gasteiger charge is 2.05. The zero-order valence-electron chi connectivity index (χ0n) is 8.89. The van der Waals surface area contributed by atoms with Crippen LogP contribution in [0.5, 0.6) is 0 Å². The summed E-state index contributed by atoms with van der Waals surface area (Å²) in [5, 5.41) is 21.0. The summed E-state index contributed by atoms with van der Waals surface area (Å²) in [5.41, 5.74) is 1.21. The highest BCUT2D eigenvalue weighted by Crippen LogP contribution is 2.01. The van der Waals surface area contributed by atoms with Gasteiger partial charge in [0.15, 0.2) is 0 Å². The first-order valence-electron chi connectivity index (χ1n) is 5.36. The maximum Gasteiger partial charge on any atom is 0.0584 e. The maximum atomic E-state index is 9.09. The molecule has 15 heavy (non-hydrogen) atoms. The van der Waals surface area contributed by atoms with Crippen LogP contribution in [-0.2, 0) is 6.54 Å². The zero-order chi connectivity index (χ0) is 10.9. The van der Waals surface area contributed by atoms with Crippen molar-refractivity contribution in [1.82, 2.24) is 5.32 Å². The maximum absolute atomic E-state index is 9.09. The minimum Gasteiger partial charge on any atom is -0.396 e. The first-order valence-corrected chi connectivity index (χ1v) is 5.36. The zero-order valence-corrected chi connectivity index (χ0v) is 8.89. The van der Waals surface area contributed by atoms with Crippen LogP contribution in [0.2, 0.25) is 0 Å². The Morgan fingerprint density at radius 1 is 1.13 bits per heavy atom. The van der Waals surface area contributed by atoms with Crippen molar-refractivity contribution in [2.45, 2.75) is 25.4 Å². The van der Waals surface area contributed by atoms with Crippen molar-refractivity contribution in [3.63, 3.8) is 0 Å². The molecule has 0 aromatic heterocycles. The van der Waals surface area contributed by atoms with Crippen LogP contribution in [0.15, 0.2) is 30.3 Å². The molecule has 1 atom stereocenters. The van der Waals surface area contributed by atoms with Gasteiger partial charge in [0.25, 0.3) is 0 Å². The number of aliphatic hydroxyl groups excluding tert-OH is 2. The van der Waals surface area contributed by atoms with Crippen LogP contribution in [-0.4, -0.2) is 29.5 Å². The molecular formula is C12H19NO2. The van der Waals surface area contributed by atoms with Crippen LogP contribution in [0, 0.1) is 0 Å². The summed E-state index contributed by atoms with van der Waals surface area (Å²) in [6.45, 7) is 1.06. The fourth-order valence-electron chi connectivity index (χ4n) is 1.45. The Bertz CT molecular complexity index is 251. The molecule has 0 saturated heterocycles. The van der Waals surface area contributed by atoms with E-state index in [-0.39, 0.29) is 19.3 Å². The quantitative estimate of drug-likeness (QED) is 0.625. The first-order chi connectivity index (χ1) is 7.36. The fraction of sp³-hybridized carbons (Fsp3) is 0.500. The third-order valence-corrected chi connectivity index (χ3v) is 2.37. The summed E-state index contributed by atoms with van der Waals surface area (Å²) in [7, 11) is 0. The summed E-state index contributed by atoms with van der Waals surface area (Å²) in [5.74, 6) is 0. The highest BCUT2D eigenvalue weighted by atomic mass is 16.3. The van der Waals surface area contributed by atoms with E-state index in [0.717, 1.165) is 19.4 Å². The van der Waals surface area contributed by atoms with Gasteiger partial charge < -0.3 is 15.5 Å². The van der Waals surface area contributed by atoms with Crippen molar-refractivity contribution in [3.8, 4) is 0 Å². The lowest BCUT2D eigenvalue weighted by Crippen LogP contribution is -2.32. The lowest BCUT2D eigenvalue weighted by Gasteiger charge is -2.15. The smallest absolute Gasteiger partial charge is 0.0584 e. The number of rotatable bonds is 7. The highest BCUT2D eigenvalue weighted by molar-refractivity contribution is 5.14. The van der Waals surface area contributed by atoms with E-state index in [1.165, 1.54) is 5.56 Å². The molecule has 84 valence electrons. The molecule has 0 amide bonds. The van der Waals surface area contributed by atoms with E-state index in [0.29, 0.717) is 0 Å². The van der Waals surface area contributed by atoms with E-state index in [4.69, 9.17) is 10.2 Å². The average Bonchev–Trinajstić information content (AvgIpc) is 2.31. The normalized spacial score (nSPS) is 12.7. The molecule has 0 aliphatic carbocycles. The van der Waals surface area contributed by atoms with Crippen LogP contribution < -0.4 is 5.32 Å². The van der Waals surface area contributed by atoms with E-state index in [9.17, 15) is 0 Å². The Morgan fingerprint density at radius 3 is 2.47 bits per heavy atom. The molecule has 1 aromatic rings. The third-order valence-electron chi connectivity index (χ3n) is 2.37. The molecule has 0 radical (unpaired) electrons. The number of hydrogen-bond acceptors (Lipinski definition) is 3. The molecule has 1 unspecified atom stereocenters. The molecule has 0 spiro atoms. The largest absolute Gasteiger partial charge is 0.396 e. The van der Waals surface area contributed by atoms with Gasteiger partial charge in [0.1, 0.15) is 0 Å². The second-order valence-electron chi connectivity index (χ2n) is 3.61. The molecule has 1 aromatic carbocycles. The van der Waals surface area contributed by atoms with Crippen molar-refractivity contribution in [2.24, 2.45) is 0 Å². The van der Waals surface area contributed by atoms with Gasteiger partial charge in [0, 0.05) is 19.2 Å². The van der Waals surface area contributed by atoms with Gasteiger partial charge in [-0.1, -0.05) is 30.3 Å². The van der Waals surface area contributed by atoms with Crippen molar-refractivity contribution in [2.75, 3.05) is 13.2 Å². The van der Waals surface area contributed by atoms with Crippen molar-refractivity contribution >= 4 is 0 Å². The SMILES string of the molecule is OCCCC(CO)NCc1ccccc1. The minimum absolute atomic E-state index is 0.0809. The van der Waals surface area contributed by atoms with Gasteiger partial charge in [0.2, 0.25) is 0 Å². The third kappa shape index (κ3) is 4.93. The van der Waals surface area contributed by atoms with Gasteiger partial charge in [-0.3, -0.25) is 0 Å². The predicted octanol–water partition coefficient (Wildman–Crippen LogP) is 0.910. The molecule has 0 aliphatic rings. The second-order valence-corrected chi connectivity index (χ2v) is 3.61. The van der Waals surface area contributed by atoms with Crippen LogP contribution in [0.3, 0.4) is 0 Å². The Hall–Kier alpha value is -0.900. The lowest BCUT2D eigenvalue weighted by atomic mass is 10.1. The van der Waals surface area contributed by atoms with Gasteiger partial charge in [-0.25, -0.2) is 0 Å². The fourth-order valence-corrected chi connectivity index (χ4v) is 1.45. The van der Waals surface area contributed by atoms with Crippen LogP contribution >= 0.6 is 0 Å². The van der Waals surface area contributed by atoms with E-state index in [1.54, 1.807) is 0 Å². The Balaban J connectivity index is 2.28. The summed E-state index contributed by atoms with van der Waals surface area (Å²) >= 11 is 0. The summed E-state index contributed by atoms with van der Waals surface area (Å²) in [6.07, 6.45) is 1.53. The summed E-state index contributed by atoms with van der Waals surface area (Å²) in [6, 6.07) is 10.2. The first kappa shape index (κ1) is 12.2. The molecule has 0 saturated carbocycles. The second kappa shape index (κ2) is 7.40. The molecular weight excluding hydrogens is 190 g/mol. The van der Waals surface area contributed by atoms with E-state index < -0.39 is 0 Å². The van der Waals surface area contributed by atoms with Gasteiger partial charge in [-0.15, -0.1) is 0 Å². The molecule has 0 heterocycles. The molecule has 3 nitrogen and oxygen atoms in total. The van der Waals surface area contributed by atoms with Gasteiger partial charge in [-0.05, 0) is 18.4 Å². The average molecular weight is 209 g/mol. The summed E-state index contributed by atoms with van der Waals surface area (Å²) in [4.78, 5) is 0. The number of benzene rings is 1. The van der Waals surface area contributed by atoms with Crippen LogP contribution in [0.4, 0.5) is 0 Å². The number of aliphatic hydroxyl groups is 2. The van der Waals surface area contributed by atoms with Crippen LogP contribution in [0.25, 0.3) is 0 Å². The Morgan fingerprint density at radius 2 is 1.87 bits per heavy atom. The van der Waals surface area contributed by atoms with Gasteiger partial charge in [0.05, 0.1) is 6.61 Å². The Labute approximate surface area is 90.8 Å². The lowest BCUT2D eigenvalue weighted by molar-refractivity contribution is 0.216. The van der Waals surface area contributed by atoms with E-state index >= 15 is 0 Å².